The van der Waals surface area contributed by atoms with Gasteiger partial charge in [0.25, 0.3) is 0 Å². The van der Waals surface area contributed by atoms with Crippen LogP contribution in [0.5, 0.6) is 0 Å². The van der Waals surface area contributed by atoms with E-state index in [0.29, 0.717) is 6.42 Å². The molecule has 7 heteroatoms. The molecule has 0 aliphatic heterocycles. The van der Waals surface area contributed by atoms with E-state index in [9.17, 15) is 22.4 Å². The Morgan fingerprint density at radius 2 is 2.00 bits per heavy atom. The number of hydrogen-bond acceptors (Lipinski definition) is 2. The molecule has 0 aromatic carbocycles. The Kier molecular flexibility index (Phi) is 4.02. The summed E-state index contributed by atoms with van der Waals surface area (Å²) in [6.07, 6.45) is -3.29. The lowest BCUT2D eigenvalue weighted by molar-refractivity contribution is -0.139. The Morgan fingerprint density at radius 1 is 1.33 bits per heavy atom. The van der Waals surface area contributed by atoms with Crippen LogP contribution in [-0.2, 0) is 12.6 Å². The second-order valence-corrected chi connectivity index (χ2v) is 4.89. The number of aromatic nitrogens is 2. The van der Waals surface area contributed by atoms with Crippen LogP contribution in [0, 0.1) is 12.9 Å². The van der Waals surface area contributed by atoms with E-state index in [2.05, 4.69) is 9.97 Å². The molecule has 0 aliphatic rings. The van der Waals surface area contributed by atoms with Crippen molar-refractivity contribution in [1.29, 1.82) is 0 Å². The molecular weight excluding hydrogens is 288 g/mol. The molecule has 0 amide bonds. The van der Waals surface area contributed by atoms with Crippen molar-refractivity contribution in [2.45, 2.75) is 39.3 Å². The first kappa shape index (κ1) is 15.5. The highest BCUT2D eigenvalue weighted by Gasteiger charge is 2.38. The Hall–Kier alpha value is -1.92. The Labute approximate surface area is 118 Å². The predicted octanol–water partition coefficient (Wildman–Crippen LogP) is 3.73. The summed E-state index contributed by atoms with van der Waals surface area (Å²) in [5, 5.41) is -0.178. The molecule has 0 bridgehead atoms. The standard InChI is InChI=1S/C14H14F4N2O/c1-3-4-5-8-10-9(21)6-7(2)19-12(10)11(13(15)20-8)14(16,17)18/h6H,3-5H2,1-2H3,(H,19,21). The largest absolute Gasteiger partial charge is 0.422 e. The SMILES string of the molecule is CCCCc1nc(F)c(C(F)(F)F)c2[nH]c(C)cc(=O)c12. The molecule has 1 N–H and O–H groups in total. The van der Waals surface area contributed by atoms with Gasteiger partial charge in [-0.05, 0) is 19.8 Å². The van der Waals surface area contributed by atoms with E-state index in [1.165, 1.54) is 13.0 Å². The van der Waals surface area contributed by atoms with Crippen molar-refractivity contribution in [1.82, 2.24) is 9.97 Å². The highest BCUT2D eigenvalue weighted by molar-refractivity contribution is 5.84. The van der Waals surface area contributed by atoms with E-state index < -0.39 is 28.6 Å². The lowest BCUT2D eigenvalue weighted by Crippen LogP contribution is -2.17. The first-order valence-corrected chi connectivity index (χ1v) is 6.55. The van der Waals surface area contributed by atoms with E-state index in [4.69, 9.17) is 0 Å². The van der Waals surface area contributed by atoms with Gasteiger partial charge in [0.1, 0.15) is 5.56 Å². The number of alkyl halides is 3. The lowest BCUT2D eigenvalue weighted by Gasteiger charge is -2.14. The molecule has 0 saturated carbocycles. The molecule has 0 fully saturated rings. The van der Waals surface area contributed by atoms with E-state index in [1.54, 1.807) is 0 Å². The van der Waals surface area contributed by atoms with Crippen LogP contribution in [0.1, 0.15) is 36.7 Å². The third-order valence-electron chi connectivity index (χ3n) is 3.19. The number of aromatic amines is 1. The maximum absolute atomic E-state index is 13.8. The zero-order valence-corrected chi connectivity index (χ0v) is 11.6. The minimum absolute atomic E-state index is 0.0681. The quantitative estimate of drug-likeness (QED) is 0.693. The molecule has 0 unspecified atom stereocenters. The first-order valence-electron chi connectivity index (χ1n) is 6.55. The summed E-state index contributed by atoms with van der Waals surface area (Å²) >= 11 is 0. The van der Waals surface area contributed by atoms with Crippen LogP contribution in [0.2, 0.25) is 0 Å². The van der Waals surface area contributed by atoms with Crippen molar-refractivity contribution in [2.24, 2.45) is 0 Å². The van der Waals surface area contributed by atoms with Gasteiger partial charge in [-0.25, -0.2) is 4.98 Å². The average molecular weight is 302 g/mol. The fraction of sp³-hybridized carbons (Fsp3) is 0.429. The van der Waals surface area contributed by atoms with Gasteiger partial charge in [0.15, 0.2) is 5.43 Å². The number of aryl methyl sites for hydroxylation is 2. The third kappa shape index (κ3) is 2.91. The second-order valence-electron chi connectivity index (χ2n) is 4.89. The summed E-state index contributed by atoms with van der Waals surface area (Å²) in [7, 11) is 0. The zero-order chi connectivity index (χ0) is 15.8. The summed E-state index contributed by atoms with van der Waals surface area (Å²) in [6, 6.07) is 1.19. The average Bonchev–Trinajstić information content (AvgIpc) is 2.32. The van der Waals surface area contributed by atoms with Crippen LogP contribution >= 0.6 is 0 Å². The Balaban J connectivity index is 2.89. The van der Waals surface area contributed by atoms with Gasteiger partial charge in [0, 0.05) is 11.8 Å². The van der Waals surface area contributed by atoms with Gasteiger partial charge >= 0.3 is 6.18 Å². The van der Waals surface area contributed by atoms with Gasteiger partial charge in [0.05, 0.1) is 16.6 Å². The van der Waals surface area contributed by atoms with Crippen molar-refractivity contribution in [2.75, 3.05) is 0 Å². The molecule has 2 rings (SSSR count). The maximum Gasteiger partial charge on any atom is 0.422 e. The first-order chi connectivity index (χ1) is 9.75. The van der Waals surface area contributed by atoms with Crippen molar-refractivity contribution in [3.05, 3.63) is 39.2 Å². The minimum Gasteiger partial charge on any atom is -0.358 e. The molecule has 21 heavy (non-hydrogen) atoms. The summed E-state index contributed by atoms with van der Waals surface area (Å²) in [4.78, 5) is 17.9. The van der Waals surface area contributed by atoms with Gasteiger partial charge in [0.2, 0.25) is 5.95 Å². The monoisotopic (exact) mass is 302 g/mol. The third-order valence-corrected chi connectivity index (χ3v) is 3.19. The van der Waals surface area contributed by atoms with E-state index >= 15 is 0 Å². The van der Waals surface area contributed by atoms with Crippen molar-refractivity contribution < 1.29 is 17.6 Å². The molecule has 0 radical (unpaired) electrons. The van der Waals surface area contributed by atoms with Gasteiger partial charge in [-0.1, -0.05) is 13.3 Å². The molecule has 2 aromatic rings. The molecule has 3 nitrogen and oxygen atoms in total. The van der Waals surface area contributed by atoms with Gasteiger partial charge in [-0.3, -0.25) is 4.79 Å². The maximum atomic E-state index is 13.8. The van der Waals surface area contributed by atoms with Crippen LogP contribution in [0.3, 0.4) is 0 Å². The van der Waals surface area contributed by atoms with E-state index in [0.717, 1.165) is 6.42 Å². The number of H-pyrrole nitrogens is 1. The fourth-order valence-electron chi connectivity index (χ4n) is 2.28. The zero-order valence-electron chi connectivity index (χ0n) is 11.6. The van der Waals surface area contributed by atoms with Gasteiger partial charge < -0.3 is 4.98 Å². The van der Waals surface area contributed by atoms with Crippen molar-refractivity contribution in [3.8, 4) is 0 Å². The molecular formula is C14H14F4N2O. The number of pyridine rings is 2. The van der Waals surface area contributed by atoms with E-state index in [1.807, 2.05) is 6.92 Å². The lowest BCUT2D eigenvalue weighted by atomic mass is 10.0. The van der Waals surface area contributed by atoms with Gasteiger partial charge in [-0.2, -0.15) is 17.6 Å². The molecule has 0 saturated heterocycles. The van der Waals surface area contributed by atoms with Crippen molar-refractivity contribution in [3.63, 3.8) is 0 Å². The van der Waals surface area contributed by atoms with Crippen LogP contribution in [0.15, 0.2) is 10.9 Å². The minimum atomic E-state index is -4.92. The molecule has 2 aromatic heterocycles. The molecule has 114 valence electrons. The number of unbranched alkanes of at least 4 members (excludes halogenated alkanes) is 1. The molecule has 0 spiro atoms. The fourth-order valence-corrected chi connectivity index (χ4v) is 2.28. The molecule has 2 heterocycles. The summed E-state index contributed by atoms with van der Waals surface area (Å²) in [5.74, 6) is -1.60. The summed E-state index contributed by atoms with van der Waals surface area (Å²) < 4.78 is 52.9. The number of halogens is 4. The summed E-state index contributed by atoms with van der Waals surface area (Å²) in [5.41, 5.74) is -2.31. The van der Waals surface area contributed by atoms with E-state index in [-0.39, 0.29) is 23.2 Å². The Bertz CT molecular complexity index is 734. The highest BCUT2D eigenvalue weighted by Crippen LogP contribution is 2.35. The second kappa shape index (κ2) is 5.46. The van der Waals surface area contributed by atoms with Crippen LogP contribution in [-0.4, -0.2) is 9.97 Å². The highest BCUT2D eigenvalue weighted by atomic mass is 19.4. The number of hydrogen-bond donors (Lipinski definition) is 1. The van der Waals surface area contributed by atoms with Gasteiger partial charge in [-0.15, -0.1) is 0 Å². The molecule has 0 atom stereocenters. The van der Waals surface area contributed by atoms with Crippen LogP contribution in [0.4, 0.5) is 17.6 Å². The summed E-state index contributed by atoms with van der Waals surface area (Å²) in [6.45, 7) is 3.34. The number of fused-ring (bicyclic) bond motifs is 1. The normalized spacial score (nSPS) is 12.1. The number of nitrogens with one attached hydrogen (secondary N) is 1. The Morgan fingerprint density at radius 3 is 2.57 bits per heavy atom. The topological polar surface area (TPSA) is 45.8 Å². The number of nitrogens with zero attached hydrogens (tertiary/aromatic N) is 1. The smallest absolute Gasteiger partial charge is 0.358 e. The van der Waals surface area contributed by atoms with Crippen LogP contribution < -0.4 is 5.43 Å². The van der Waals surface area contributed by atoms with Crippen LogP contribution in [0.25, 0.3) is 10.9 Å². The van der Waals surface area contributed by atoms with Crippen molar-refractivity contribution >= 4 is 10.9 Å². The number of rotatable bonds is 3. The predicted molar refractivity (Wildman–Crippen MR) is 70.7 cm³/mol. The molecule has 0 aliphatic carbocycles.